The van der Waals surface area contributed by atoms with E-state index in [9.17, 15) is 4.91 Å². The SMILES string of the molecule is CC1=NC=C[N+](=O)C1. The quantitative estimate of drug-likeness (QED) is 0.424. The molecule has 1 heterocycles. The first-order valence-corrected chi connectivity index (χ1v) is 2.43. The molecule has 0 fully saturated rings. The molecule has 3 nitrogen and oxygen atoms in total. The van der Waals surface area contributed by atoms with Crippen LogP contribution in [0.2, 0.25) is 0 Å². The van der Waals surface area contributed by atoms with Crippen LogP contribution in [0, 0.1) is 4.91 Å². The van der Waals surface area contributed by atoms with Crippen LogP contribution in [0.1, 0.15) is 6.92 Å². The van der Waals surface area contributed by atoms with Crippen molar-refractivity contribution in [3.8, 4) is 0 Å². The lowest BCUT2D eigenvalue weighted by Crippen LogP contribution is -2.13. The Kier molecular flexibility index (Phi) is 1.20. The average Bonchev–Trinajstić information content (AvgIpc) is 1.64. The van der Waals surface area contributed by atoms with E-state index in [1.807, 2.05) is 6.92 Å². The minimum atomic E-state index is 0.413. The molecule has 0 unspecified atom stereocenters. The van der Waals surface area contributed by atoms with Gasteiger partial charge in [0.15, 0.2) is 0 Å². The van der Waals surface area contributed by atoms with Crippen LogP contribution in [0.5, 0.6) is 0 Å². The van der Waals surface area contributed by atoms with Crippen LogP contribution in [0.25, 0.3) is 0 Å². The highest BCUT2D eigenvalue weighted by Crippen LogP contribution is 1.90. The van der Waals surface area contributed by atoms with Gasteiger partial charge in [0.1, 0.15) is 0 Å². The molecule has 8 heavy (non-hydrogen) atoms. The van der Waals surface area contributed by atoms with Crippen LogP contribution in [0.3, 0.4) is 0 Å². The van der Waals surface area contributed by atoms with Crippen LogP contribution in [0.4, 0.5) is 0 Å². The monoisotopic (exact) mass is 111 g/mol. The van der Waals surface area contributed by atoms with Gasteiger partial charge in [-0.15, -0.1) is 0 Å². The van der Waals surface area contributed by atoms with Crippen molar-refractivity contribution in [3.05, 3.63) is 17.3 Å². The molecule has 0 amide bonds. The van der Waals surface area contributed by atoms with Gasteiger partial charge in [-0.3, -0.25) is 4.99 Å². The molecule has 0 aromatic carbocycles. The Bertz CT molecular complexity index is 169. The average molecular weight is 111 g/mol. The highest BCUT2D eigenvalue weighted by molar-refractivity contribution is 5.83. The zero-order valence-electron chi connectivity index (χ0n) is 4.66. The van der Waals surface area contributed by atoms with Crippen molar-refractivity contribution in [2.75, 3.05) is 6.54 Å². The first-order chi connectivity index (χ1) is 3.79. The van der Waals surface area contributed by atoms with Crippen LogP contribution in [-0.4, -0.2) is 17.0 Å². The number of rotatable bonds is 0. The van der Waals surface area contributed by atoms with Gasteiger partial charge >= 0.3 is 0 Å². The molecule has 0 radical (unpaired) electrons. The van der Waals surface area contributed by atoms with E-state index in [0.29, 0.717) is 6.54 Å². The Balaban J connectivity index is 2.73. The van der Waals surface area contributed by atoms with Gasteiger partial charge in [0, 0.05) is 9.67 Å². The van der Waals surface area contributed by atoms with E-state index in [1.165, 1.54) is 12.4 Å². The second-order valence-corrected chi connectivity index (χ2v) is 1.74. The van der Waals surface area contributed by atoms with Gasteiger partial charge in [-0.25, -0.2) is 0 Å². The molecule has 0 atom stereocenters. The van der Waals surface area contributed by atoms with E-state index in [1.54, 1.807) is 0 Å². The predicted molar refractivity (Wildman–Crippen MR) is 30.7 cm³/mol. The Labute approximate surface area is 47.3 Å². The van der Waals surface area contributed by atoms with Crippen molar-refractivity contribution in [2.45, 2.75) is 6.92 Å². The van der Waals surface area contributed by atoms with E-state index in [4.69, 9.17) is 0 Å². The fourth-order valence-electron chi connectivity index (χ4n) is 0.554. The zero-order valence-corrected chi connectivity index (χ0v) is 4.66. The van der Waals surface area contributed by atoms with Crippen LogP contribution < -0.4 is 0 Å². The van der Waals surface area contributed by atoms with Crippen LogP contribution in [0.15, 0.2) is 17.4 Å². The number of hydrogen-bond donors (Lipinski definition) is 0. The van der Waals surface area contributed by atoms with Crippen molar-refractivity contribution >= 4 is 5.71 Å². The van der Waals surface area contributed by atoms with E-state index in [0.717, 1.165) is 10.5 Å². The fourth-order valence-corrected chi connectivity index (χ4v) is 0.554. The fraction of sp³-hybridized carbons (Fsp3) is 0.400. The molecule has 3 heteroatoms. The third-order valence-corrected chi connectivity index (χ3v) is 0.913. The second kappa shape index (κ2) is 1.86. The van der Waals surface area contributed by atoms with E-state index in [-0.39, 0.29) is 0 Å². The van der Waals surface area contributed by atoms with Gasteiger partial charge in [-0.2, -0.15) is 0 Å². The molecule has 1 rings (SSSR count). The summed E-state index contributed by atoms with van der Waals surface area (Å²) in [6, 6.07) is 0. The molecule has 0 N–H and O–H groups in total. The lowest BCUT2D eigenvalue weighted by atomic mass is 10.4. The molecule has 1 aliphatic rings. The minimum absolute atomic E-state index is 0.413. The summed E-state index contributed by atoms with van der Waals surface area (Å²) in [6.07, 6.45) is 2.92. The Morgan fingerprint density at radius 2 is 2.62 bits per heavy atom. The molecule has 1 aliphatic heterocycles. The standard InChI is InChI=1S/C5H7N2O/c1-5-4-7(8)3-2-6-5/h2-3H,4H2,1H3/q+1. The Hall–Kier alpha value is -0.990. The third kappa shape index (κ3) is 0.992. The van der Waals surface area contributed by atoms with Gasteiger partial charge in [0.2, 0.25) is 12.7 Å². The first kappa shape index (κ1) is 5.15. The third-order valence-electron chi connectivity index (χ3n) is 0.913. The van der Waals surface area contributed by atoms with Crippen molar-refractivity contribution in [3.63, 3.8) is 0 Å². The number of hydrogen-bond acceptors (Lipinski definition) is 2. The molecular formula is C5H7N2O+. The topological polar surface area (TPSA) is 32.4 Å². The van der Waals surface area contributed by atoms with Crippen molar-refractivity contribution in [2.24, 2.45) is 4.99 Å². The number of nitrogens with zero attached hydrogens (tertiary/aromatic N) is 2. The lowest BCUT2D eigenvalue weighted by molar-refractivity contribution is -0.464. The summed E-state index contributed by atoms with van der Waals surface area (Å²) in [5.41, 5.74) is 0.863. The molecule has 0 aliphatic carbocycles. The van der Waals surface area contributed by atoms with Gasteiger partial charge in [0.05, 0.1) is 11.9 Å². The summed E-state index contributed by atoms with van der Waals surface area (Å²) in [7, 11) is 0. The molecule has 0 aromatic rings. The molecule has 0 aromatic heterocycles. The largest absolute Gasteiger partial charge is 0.253 e. The Morgan fingerprint density at radius 1 is 1.88 bits per heavy atom. The smallest absolute Gasteiger partial charge is 0.239 e. The van der Waals surface area contributed by atoms with Crippen LogP contribution >= 0.6 is 0 Å². The number of aliphatic imine (C=N–C) groups is 1. The van der Waals surface area contributed by atoms with Gasteiger partial charge < -0.3 is 0 Å². The van der Waals surface area contributed by atoms with Gasteiger partial charge in [-0.05, 0) is 6.92 Å². The first-order valence-electron chi connectivity index (χ1n) is 2.43. The van der Waals surface area contributed by atoms with Crippen molar-refractivity contribution < 1.29 is 4.76 Å². The summed E-state index contributed by atoms with van der Waals surface area (Å²) < 4.78 is 0.850. The van der Waals surface area contributed by atoms with E-state index < -0.39 is 0 Å². The van der Waals surface area contributed by atoms with Crippen molar-refractivity contribution in [1.29, 1.82) is 0 Å². The maximum atomic E-state index is 10.4. The molecule has 0 spiro atoms. The summed E-state index contributed by atoms with van der Waals surface area (Å²) in [4.78, 5) is 14.3. The zero-order chi connectivity index (χ0) is 5.98. The normalized spacial score (nSPS) is 18.6. The highest BCUT2D eigenvalue weighted by atomic mass is 16.3. The van der Waals surface area contributed by atoms with Gasteiger partial charge in [-0.1, -0.05) is 0 Å². The molecule has 0 bridgehead atoms. The second-order valence-electron chi connectivity index (χ2n) is 1.74. The predicted octanol–water partition coefficient (Wildman–Crippen LogP) is 0.711. The van der Waals surface area contributed by atoms with E-state index >= 15 is 0 Å². The minimum Gasteiger partial charge on any atom is -0.253 e. The maximum Gasteiger partial charge on any atom is 0.239 e. The molecular weight excluding hydrogens is 104 g/mol. The Morgan fingerprint density at radius 3 is 3.00 bits per heavy atom. The summed E-state index contributed by atoms with van der Waals surface area (Å²) in [5.74, 6) is 0. The highest BCUT2D eigenvalue weighted by Gasteiger charge is 2.08. The molecule has 0 saturated carbocycles. The van der Waals surface area contributed by atoms with Crippen LogP contribution in [-0.2, 0) is 0 Å². The summed E-state index contributed by atoms with van der Waals surface area (Å²) in [5, 5.41) is 0. The summed E-state index contributed by atoms with van der Waals surface area (Å²) >= 11 is 0. The summed E-state index contributed by atoms with van der Waals surface area (Å²) in [6.45, 7) is 2.24. The van der Waals surface area contributed by atoms with Gasteiger partial charge in [0.25, 0.3) is 0 Å². The molecule has 0 saturated heterocycles. The van der Waals surface area contributed by atoms with E-state index in [2.05, 4.69) is 4.99 Å². The molecule has 42 valence electrons. The maximum absolute atomic E-state index is 10.4. The lowest BCUT2D eigenvalue weighted by Gasteiger charge is -1.90. The van der Waals surface area contributed by atoms with Crippen molar-refractivity contribution in [1.82, 2.24) is 0 Å². The number of nitroso groups, excluding NO2 is 1.